The van der Waals surface area contributed by atoms with Gasteiger partial charge in [0.2, 0.25) is 0 Å². The highest BCUT2D eigenvalue weighted by Gasteiger charge is 2.10. The van der Waals surface area contributed by atoms with Crippen LogP contribution in [-0.2, 0) is 22.1 Å². The molecule has 29 heavy (non-hydrogen) atoms. The predicted octanol–water partition coefficient (Wildman–Crippen LogP) is 2.89. The molecule has 0 aliphatic heterocycles. The topological polar surface area (TPSA) is 79.8 Å². The van der Waals surface area contributed by atoms with Crippen LogP contribution in [0.15, 0.2) is 53.5 Å². The zero-order chi connectivity index (χ0) is 21.1. The molecule has 0 saturated carbocycles. The van der Waals surface area contributed by atoms with Gasteiger partial charge in [-0.3, -0.25) is 0 Å². The molecule has 0 heterocycles. The number of halogens is 1. The predicted molar refractivity (Wildman–Crippen MR) is 114 cm³/mol. The molecule has 2 aromatic rings. The average molecular weight is 422 g/mol. The van der Waals surface area contributed by atoms with Crippen LogP contribution in [-0.4, -0.2) is 40.3 Å². The van der Waals surface area contributed by atoms with Crippen molar-refractivity contribution in [3.63, 3.8) is 0 Å². The second kappa shape index (κ2) is 11.4. The first-order valence-electron chi connectivity index (χ1n) is 9.52. The van der Waals surface area contributed by atoms with E-state index >= 15 is 0 Å². The van der Waals surface area contributed by atoms with Gasteiger partial charge in [-0.1, -0.05) is 24.3 Å². The van der Waals surface area contributed by atoms with Gasteiger partial charge in [0.05, 0.1) is 18.9 Å². The Morgan fingerprint density at radius 1 is 1.10 bits per heavy atom. The highest BCUT2D eigenvalue weighted by molar-refractivity contribution is 7.89. The Morgan fingerprint density at radius 2 is 1.86 bits per heavy atom. The van der Waals surface area contributed by atoms with Gasteiger partial charge in [0.15, 0.2) is 15.8 Å². The van der Waals surface area contributed by atoms with Crippen LogP contribution < -0.4 is 15.4 Å². The first-order valence-corrected chi connectivity index (χ1v) is 11.6. The van der Waals surface area contributed by atoms with E-state index in [9.17, 15) is 12.8 Å². The first-order chi connectivity index (χ1) is 13.9. The molecule has 158 valence electrons. The van der Waals surface area contributed by atoms with Gasteiger partial charge >= 0.3 is 0 Å². The summed E-state index contributed by atoms with van der Waals surface area (Å²) in [7, 11) is -3.22. The van der Waals surface area contributed by atoms with Gasteiger partial charge in [0.25, 0.3) is 0 Å². The number of guanidine groups is 1. The van der Waals surface area contributed by atoms with Gasteiger partial charge < -0.3 is 15.4 Å². The smallest absolute Gasteiger partial charge is 0.191 e. The maximum atomic E-state index is 13.6. The van der Waals surface area contributed by atoms with Gasteiger partial charge in [-0.15, -0.1) is 0 Å². The molecule has 0 aromatic heterocycles. The fourth-order valence-electron chi connectivity index (χ4n) is 2.66. The van der Waals surface area contributed by atoms with Crippen LogP contribution >= 0.6 is 0 Å². The summed E-state index contributed by atoms with van der Waals surface area (Å²) in [6.45, 7) is 4.02. The number of aliphatic imine (C=N–C) groups is 1. The molecule has 0 fully saturated rings. The Morgan fingerprint density at radius 3 is 2.55 bits per heavy atom. The maximum Gasteiger partial charge on any atom is 0.191 e. The van der Waals surface area contributed by atoms with E-state index in [4.69, 9.17) is 4.74 Å². The second-order valence-electron chi connectivity index (χ2n) is 6.62. The van der Waals surface area contributed by atoms with Crippen LogP contribution in [0.3, 0.4) is 0 Å². The molecular weight excluding hydrogens is 393 g/mol. The van der Waals surface area contributed by atoms with Gasteiger partial charge in [0.1, 0.15) is 11.6 Å². The van der Waals surface area contributed by atoms with E-state index in [1.54, 1.807) is 0 Å². The number of para-hydroxylation sites is 1. The van der Waals surface area contributed by atoms with Crippen molar-refractivity contribution in [2.75, 3.05) is 26.0 Å². The number of rotatable bonds is 10. The number of sulfone groups is 1. The molecule has 2 aromatic carbocycles. The van der Waals surface area contributed by atoms with Crippen LogP contribution in [0.2, 0.25) is 0 Å². The second-order valence-corrected chi connectivity index (χ2v) is 8.76. The van der Waals surface area contributed by atoms with Crippen molar-refractivity contribution in [1.82, 2.24) is 10.6 Å². The Labute approximate surface area is 172 Å². The largest absolute Gasteiger partial charge is 0.494 e. The van der Waals surface area contributed by atoms with E-state index in [-0.39, 0.29) is 12.3 Å². The molecule has 6 nitrogen and oxygen atoms in total. The van der Waals surface area contributed by atoms with Crippen LogP contribution in [0.25, 0.3) is 0 Å². The van der Waals surface area contributed by atoms with Crippen molar-refractivity contribution in [1.29, 1.82) is 0 Å². The molecule has 2 N–H and O–H groups in total. The number of hydrogen-bond donors (Lipinski definition) is 2. The maximum absolute atomic E-state index is 13.6. The lowest BCUT2D eigenvalue weighted by atomic mass is 10.1. The molecule has 0 saturated heterocycles. The number of benzene rings is 2. The molecule has 8 heteroatoms. The fraction of sp³-hybridized carbons (Fsp3) is 0.381. The van der Waals surface area contributed by atoms with Crippen LogP contribution in [0, 0.1) is 5.82 Å². The quantitative estimate of drug-likeness (QED) is 0.350. The number of nitrogens with one attached hydrogen (secondary N) is 2. The summed E-state index contributed by atoms with van der Waals surface area (Å²) >= 11 is 0. The minimum absolute atomic E-state index is 0.140. The summed E-state index contributed by atoms with van der Waals surface area (Å²) in [5.41, 5.74) is 1.12. The number of hydrogen-bond acceptors (Lipinski definition) is 4. The van der Waals surface area contributed by atoms with Crippen molar-refractivity contribution in [3.05, 3.63) is 65.5 Å². The van der Waals surface area contributed by atoms with E-state index in [1.165, 1.54) is 18.2 Å². The average Bonchev–Trinajstić information content (AvgIpc) is 2.67. The molecule has 0 aliphatic rings. The van der Waals surface area contributed by atoms with Crippen LogP contribution in [0.4, 0.5) is 4.39 Å². The van der Waals surface area contributed by atoms with Crippen molar-refractivity contribution < 1.29 is 17.5 Å². The zero-order valence-corrected chi connectivity index (χ0v) is 17.6. The summed E-state index contributed by atoms with van der Waals surface area (Å²) in [4.78, 5) is 4.46. The van der Waals surface area contributed by atoms with Crippen molar-refractivity contribution >= 4 is 15.8 Å². The number of nitrogens with zero attached hydrogens (tertiary/aromatic N) is 1. The molecular formula is C21H28FN3O3S. The SMILES string of the molecule is CCNC(=NCc1cc(F)ccc1CS(C)(=O)=O)NCCCOc1ccccc1. The molecule has 0 aliphatic carbocycles. The Hall–Kier alpha value is -2.61. The van der Waals surface area contributed by atoms with E-state index in [2.05, 4.69) is 15.6 Å². The molecule has 0 radical (unpaired) electrons. The number of ether oxygens (including phenoxy) is 1. The molecule has 0 unspecified atom stereocenters. The monoisotopic (exact) mass is 421 g/mol. The van der Waals surface area contributed by atoms with Crippen LogP contribution in [0.1, 0.15) is 24.5 Å². The zero-order valence-electron chi connectivity index (χ0n) is 16.8. The summed E-state index contributed by atoms with van der Waals surface area (Å²) in [5.74, 6) is 0.863. The lowest BCUT2D eigenvalue weighted by Crippen LogP contribution is -2.38. The summed E-state index contributed by atoms with van der Waals surface area (Å²) in [6, 6.07) is 13.7. The Kier molecular flexibility index (Phi) is 8.92. The van der Waals surface area contributed by atoms with Crippen molar-refractivity contribution in [2.45, 2.75) is 25.6 Å². The van der Waals surface area contributed by atoms with Gasteiger partial charge in [-0.2, -0.15) is 0 Å². The van der Waals surface area contributed by atoms with E-state index in [0.29, 0.717) is 36.8 Å². The summed E-state index contributed by atoms with van der Waals surface area (Å²) in [6.07, 6.45) is 1.94. The normalized spacial score (nSPS) is 11.9. The summed E-state index contributed by atoms with van der Waals surface area (Å²) in [5, 5.41) is 6.34. The summed E-state index contributed by atoms with van der Waals surface area (Å²) < 4.78 is 42.5. The molecule has 0 amide bonds. The van der Waals surface area contributed by atoms with Crippen molar-refractivity contribution in [2.24, 2.45) is 4.99 Å². The molecule has 0 atom stereocenters. The van der Waals surface area contributed by atoms with Gasteiger partial charge in [-0.25, -0.2) is 17.8 Å². The molecule has 2 rings (SSSR count). The minimum Gasteiger partial charge on any atom is -0.494 e. The Bertz CT molecular complexity index is 903. The van der Waals surface area contributed by atoms with Crippen molar-refractivity contribution in [3.8, 4) is 5.75 Å². The molecule has 0 bridgehead atoms. The van der Waals surface area contributed by atoms with E-state index in [1.807, 2.05) is 37.3 Å². The lowest BCUT2D eigenvalue weighted by Gasteiger charge is -2.13. The van der Waals surface area contributed by atoms with E-state index < -0.39 is 15.7 Å². The Balaban J connectivity index is 1.92. The highest BCUT2D eigenvalue weighted by atomic mass is 32.2. The highest BCUT2D eigenvalue weighted by Crippen LogP contribution is 2.15. The van der Waals surface area contributed by atoms with Gasteiger partial charge in [0, 0.05) is 19.3 Å². The van der Waals surface area contributed by atoms with E-state index in [0.717, 1.165) is 18.4 Å². The van der Waals surface area contributed by atoms with Gasteiger partial charge in [-0.05, 0) is 48.7 Å². The molecule has 0 spiro atoms. The minimum atomic E-state index is -3.22. The third kappa shape index (κ3) is 8.95. The fourth-order valence-corrected chi connectivity index (χ4v) is 3.50. The first kappa shape index (κ1) is 22.7. The standard InChI is InChI=1S/C21H28FN3O3S/c1-3-23-21(24-12-7-13-28-20-8-5-4-6-9-20)25-15-18-14-19(22)11-10-17(18)16-29(2,26)27/h4-6,8-11,14H,3,7,12-13,15-16H2,1-2H3,(H2,23,24,25). The third-order valence-electron chi connectivity index (χ3n) is 3.96. The third-order valence-corrected chi connectivity index (χ3v) is 4.80. The lowest BCUT2D eigenvalue weighted by molar-refractivity contribution is 0.311. The van der Waals surface area contributed by atoms with Crippen LogP contribution in [0.5, 0.6) is 5.75 Å².